The van der Waals surface area contributed by atoms with Gasteiger partial charge in [0.05, 0.1) is 29.8 Å². The van der Waals surface area contributed by atoms with Gasteiger partial charge in [-0.1, -0.05) is 30.3 Å². The first-order valence-electron chi connectivity index (χ1n) is 9.85. The van der Waals surface area contributed by atoms with E-state index in [1.165, 1.54) is 0 Å². The lowest BCUT2D eigenvalue weighted by molar-refractivity contribution is -0.148. The van der Waals surface area contributed by atoms with E-state index in [1.807, 2.05) is 30.3 Å². The van der Waals surface area contributed by atoms with Gasteiger partial charge in [-0.3, -0.25) is 9.59 Å². The van der Waals surface area contributed by atoms with Crippen molar-refractivity contribution in [2.75, 3.05) is 19.8 Å². The first-order valence-corrected chi connectivity index (χ1v) is 9.85. The number of urea groups is 1. The summed E-state index contributed by atoms with van der Waals surface area (Å²) in [6.07, 6.45) is 0.0692. The second kappa shape index (κ2) is 9.43. The van der Waals surface area contributed by atoms with E-state index >= 15 is 0 Å². The fourth-order valence-corrected chi connectivity index (χ4v) is 3.54. The molecule has 160 valence electrons. The van der Waals surface area contributed by atoms with E-state index in [9.17, 15) is 19.2 Å². The van der Waals surface area contributed by atoms with Crippen LogP contribution in [-0.4, -0.2) is 54.6 Å². The molecule has 0 spiro atoms. The van der Waals surface area contributed by atoms with Gasteiger partial charge in [0.2, 0.25) is 5.91 Å². The lowest BCUT2D eigenvalue weighted by atomic mass is 10.0. The normalized spacial score (nSPS) is 21.2. The van der Waals surface area contributed by atoms with E-state index in [2.05, 4.69) is 10.6 Å². The van der Waals surface area contributed by atoms with Gasteiger partial charge in [-0.25, -0.2) is 9.59 Å². The Kier molecular flexibility index (Phi) is 6.71. The summed E-state index contributed by atoms with van der Waals surface area (Å²) >= 11 is 0. The second-order valence-corrected chi connectivity index (χ2v) is 7.20. The summed E-state index contributed by atoms with van der Waals surface area (Å²) < 4.78 is 10.4. The maximum absolute atomic E-state index is 12.5. The SMILES string of the molecule is CCOC(=O)C1=C(COC(=O)[C@@H]2CC(=O)N(Cc3ccccc3)C2)NC(=O)N[C@@H]1C. The standard InChI is InChI=1S/C21H25N3O6/c1-3-29-20(27)18-13(2)22-21(28)23-16(18)12-30-19(26)15-9-17(25)24(11-15)10-14-7-5-4-6-8-14/h4-8,13,15H,3,9-12H2,1-2H3,(H2,22,23,28)/t13-,15-/m1/s1. The number of rotatable bonds is 7. The summed E-state index contributed by atoms with van der Waals surface area (Å²) in [5, 5.41) is 5.08. The molecule has 1 aromatic rings. The van der Waals surface area contributed by atoms with Crippen molar-refractivity contribution in [2.24, 2.45) is 5.92 Å². The van der Waals surface area contributed by atoms with Crippen LogP contribution in [0.2, 0.25) is 0 Å². The number of hydrogen-bond acceptors (Lipinski definition) is 6. The number of amides is 3. The number of esters is 2. The lowest BCUT2D eigenvalue weighted by Gasteiger charge is -2.26. The third-order valence-electron chi connectivity index (χ3n) is 4.99. The van der Waals surface area contributed by atoms with Crippen molar-refractivity contribution in [2.45, 2.75) is 32.9 Å². The molecule has 2 heterocycles. The molecule has 3 rings (SSSR count). The number of likely N-dealkylation sites (tertiary alicyclic amines) is 1. The molecule has 1 saturated heterocycles. The van der Waals surface area contributed by atoms with Crippen molar-refractivity contribution in [3.8, 4) is 0 Å². The Morgan fingerprint density at radius 1 is 1.17 bits per heavy atom. The van der Waals surface area contributed by atoms with E-state index < -0.39 is 29.9 Å². The quantitative estimate of drug-likeness (QED) is 0.645. The summed E-state index contributed by atoms with van der Waals surface area (Å²) in [5.74, 6) is -1.84. The molecule has 3 amide bonds. The topological polar surface area (TPSA) is 114 Å². The van der Waals surface area contributed by atoms with Crippen LogP contribution in [0.25, 0.3) is 0 Å². The number of carbonyl (C=O) groups is 4. The maximum Gasteiger partial charge on any atom is 0.338 e. The van der Waals surface area contributed by atoms with E-state index in [1.54, 1.807) is 18.7 Å². The van der Waals surface area contributed by atoms with Gasteiger partial charge in [-0.05, 0) is 19.4 Å². The van der Waals surface area contributed by atoms with Gasteiger partial charge in [-0.2, -0.15) is 0 Å². The van der Waals surface area contributed by atoms with E-state index in [0.29, 0.717) is 6.54 Å². The van der Waals surface area contributed by atoms with Crippen molar-refractivity contribution in [1.82, 2.24) is 15.5 Å². The highest BCUT2D eigenvalue weighted by Gasteiger charge is 2.36. The first kappa shape index (κ1) is 21.4. The molecule has 1 fully saturated rings. The fourth-order valence-electron chi connectivity index (χ4n) is 3.54. The molecule has 0 radical (unpaired) electrons. The molecule has 1 aromatic carbocycles. The number of carbonyl (C=O) groups excluding carboxylic acids is 4. The summed E-state index contributed by atoms with van der Waals surface area (Å²) in [5.41, 5.74) is 1.37. The second-order valence-electron chi connectivity index (χ2n) is 7.20. The molecule has 0 unspecified atom stereocenters. The van der Waals surface area contributed by atoms with Gasteiger partial charge in [0.1, 0.15) is 6.61 Å². The van der Waals surface area contributed by atoms with Crippen molar-refractivity contribution in [3.05, 3.63) is 47.2 Å². The molecular weight excluding hydrogens is 390 g/mol. The van der Waals surface area contributed by atoms with Crippen LogP contribution in [0, 0.1) is 5.92 Å². The van der Waals surface area contributed by atoms with Crippen molar-refractivity contribution in [3.63, 3.8) is 0 Å². The minimum atomic E-state index is -0.595. The average Bonchev–Trinajstić information content (AvgIpc) is 3.07. The van der Waals surface area contributed by atoms with Gasteiger partial charge < -0.3 is 25.0 Å². The zero-order valence-electron chi connectivity index (χ0n) is 17.0. The molecule has 0 aliphatic carbocycles. The predicted octanol–water partition coefficient (Wildman–Crippen LogP) is 1.10. The summed E-state index contributed by atoms with van der Waals surface area (Å²) in [6, 6.07) is 8.45. The van der Waals surface area contributed by atoms with Gasteiger partial charge in [0.25, 0.3) is 0 Å². The Bertz CT molecular complexity index is 867. The minimum absolute atomic E-state index is 0.0692. The zero-order valence-corrected chi connectivity index (χ0v) is 17.0. The van der Waals surface area contributed by atoms with Crippen LogP contribution in [0.3, 0.4) is 0 Å². The molecule has 2 aliphatic heterocycles. The van der Waals surface area contributed by atoms with Crippen molar-refractivity contribution >= 4 is 23.9 Å². The van der Waals surface area contributed by atoms with Gasteiger partial charge >= 0.3 is 18.0 Å². The van der Waals surface area contributed by atoms with Gasteiger partial charge in [0, 0.05) is 19.5 Å². The molecule has 0 bridgehead atoms. The minimum Gasteiger partial charge on any atom is -0.463 e. The van der Waals surface area contributed by atoms with Gasteiger partial charge in [0.15, 0.2) is 0 Å². The molecule has 30 heavy (non-hydrogen) atoms. The monoisotopic (exact) mass is 415 g/mol. The number of nitrogens with one attached hydrogen (secondary N) is 2. The number of ether oxygens (including phenoxy) is 2. The molecule has 0 saturated carbocycles. The van der Waals surface area contributed by atoms with Crippen LogP contribution in [0.1, 0.15) is 25.8 Å². The smallest absolute Gasteiger partial charge is 0.338 e. The number of nitrogens with zero attached hydrogens (tertiary/aromatic N) is 1. The van der Waals surface area contributed by atoms with Crippen LogP contribution >= 0.6 is 0 Å². The Morgan fingerprint density at radius 3 is 2.60 bits per heavy atom. The first-order chi connectivity index (χ1) is 14.4. The number of benzene rings is 1. The van der Waals surface area contributed by atoms with Crippen LogP contribution in [-0.2, 0) is 30.4 Å². The van der Waals surface area contributed by atoms with E-state index in [0.717, 1.165) is 5.56 Å². The summed E-state index contributed by atoms with van der Waals surface area (Å²) in [6.45, 7) is 3.91. The average molecular weight is 415 g/mol. The highest BCUT2D eigenvalue weighted by molar-refractivity contribution is 5.95. The fraction of sp³-hybridized carbons (Fsp3) is 0.429. The molecule has 0 aromatic heterocycles. The van der Waals surface area contributed by atoms with Crippen molar-refractivity contribution < 1.29 is 28.7 Å². The highest BCUT2D eigenvalue weighted by atomic mass is 16.5. The Hall–Kier alpha value is -3.36. The molecule has 9 heteroatoms. The van der Waals surface area contributed by atoms with E-state index in [-0.39, 0.29) is 43.4 Å². The molecular formula is C21H25N3O6. The largest absolute Gasteiger partial charge is 0.463 e. The van der Waals surface area contributed by atoms with Gasteiger partial charge in [-0.15, -0.1) is 0 Å². The molecule has 2 aliphatic rings. The predicted molar refractivity (Wildman–Crippen MR) is 106 cm³/mol. The highest BCUT2D eigenvalue weighted by Crippen LogP contribution is 2.22. The Labute approximate surface area is 174 Å². The van der Waals surface area contributed by atoms with Crippen molar-refractivity contribution in [1.29, 1.82) is 0 Å². The zero-order chi connectivity index (χ0) is 21.7. The Balaban J connectivity index is 1.62. The maximum atomic E-state index is 12.5. The summed E-state index contributed by atoms with van der Waals surface area (Å²) in [7, 11) is 0. The van der Waals surface area contributed by atoms with Crippen LogP contribution < -0.4 is 10.6 Å². The molecule has 2 atom stereocenters. The number of hydrogen-bond donors (Lipinski definition) is 2. The third-order valence-corrected chi connectivity index (χ3v) is 4.99. The third kappa shape index (κ3) is 4.97. The van der Waals surface area contributed by atoms with Crippen LogP contribution in [0.5, 0.6) is 0 Å². The van der Waals surface area contributed by atoms with Crippen LogP contribution in [0.4, 0.5) is 4.79 Å². The Morgan fingerprint density at radius 2 is 1.90 bits per heavy atom. The van der Waals surface area contributed by atoms with E-state index in [4.69, 9.17) is 9.47 Å². The molecule has 2 N–H and O–H groups in total. The lowest BCUT2D eigenvalue weighted by Crippen LogP contribution is -2.50. The van der Waals surface area contributed by atoms with Crippen LogP contribution in [0.15, 0.2) is 41.6 Å². The molecule has 9 nitrogen and oxygen atoms in total. The summed E-state index contributed by atoms with van der Waals surface area (Å²) in [4.78, 5) is 50.4.